The Hall–Kier alpha value is -2.89. The molecule has 0 radical (unpaired) electrons. The van der Waals surface area contributed by atoms with Crippen LogP contribution in [0, 0.1) is 5.92 Å². The van der Waals surface area contributed by atoms with Gasteiger partial charge in [0.2, 0.25) is 17.7 Å². The average Bonchev–Trinajstić information content (AvgIpc) is 3.17. The standard InChI is InChI=1S/C19H35N7O5/c1-10(2)14(25-15(27)11(3)20)16(28)24-12(6-4-8-23-19(21)22)17(29)26-9-5-7-13(26)18(30)31/h10-14H,4-9,20H2,1-3H3,(H,24,28)(H,25,27)(H,30,31)(H4,21,22,23). The number of nitrogens with two attached hydrogens (primary N) is 3. The van der Waals surface area contributed by atoms with Crippen molar-refractivity contribution in [3.8, 4) is 0 Å². The van der Waals surface area contributed by atoms with Gasteiger partial charge in [-0.2, -0.15) is 0 Å². The predicted octanol–water partition coefficient (Wildman–Crippen LogP) is -1.91. The highest BCUT2D eigenvalue weighted by Crippen LogP contribution is 2.20. The summed E-state index contributed by atoms with van der Waals surface area (Å²) in [6, 6.07) is -3.61. The number of amides is 3. The van der Waals surface area contributed by atoms with Crippen molar-refractivity contribution in [2.24, 2.45) is 28.1 Å². The molecule has 1 rings (SSSR count). The van der Waals surface area contributed by atoms with Gasteiger partial charge in [0.25, 0.3) is 0 Å². The van der Waals surface area contributed by atoms with Crippen LogP contribution in [0.4, 0.5) is 0 Å². The number of carbonyl (C=O) groups excluding carboxylic acids is 3. The molecule has 0 aromatic heterocycles. The van der Waals surface area contributed by atoms with Crippen LogP contribution in [0.25, 0.3) is 0 Å². The molecule has 0 aromatic carbocycles. The monoisotopic (exact) mass is 441 g/mol. The molecule has 1 heterocycles. The third-order valence-corrected chi connectivity index (χ3v) is 5.04. The fourth-order valence-corrected chi connectivity index (χ4v) is 3.33. The van der Waals surface area contributed by atoms with Crippen molar-refractivity contribution < 1.29 is 24.3 Å². The van der Waals surface area contributed by atoms with Crippen LogP contribution in [0.3, 0.4) is 0 Å². The van der Waals surface area contributed by atoms with Gasteiger partial charge in [-0.1, -0.05) is 13.8 Å². The first-order valence-corrected chi connectivity index (χ1v) is 10.4. The first-order valence-electron chi connectivity index (χ1n) is 10.4. The highest BCUT2D eigenvalue weighted by molar-refractivity contribution is 5.94. The molecule has 9 N–H and O–H groups in total. The van der Waals surface area contributed by atoms with E-state index in [1.165, 1.54) is 11.8 Å². The highest BCUT2D eigenvalue weighted by Gasteiger charge is 2.38. The molecule has 3 amide bonds. The molecule has 0 spiro atoms. The lowest BCUT2D eigenvalue weighted by molar-refractivity contribution is -0.149. The minimum absolute atomic E-state index is 0.0871. The van der Waals surface area contributed by atoms with E-state index in [4.69, 9.17) is 17.2 Å². The summed E-state index contributed by atoms with van der Waals surface area (Å²) in [4.78, 5) is 54.6. The lowest BCUT2D eigenvalue weighted by atomic mass is 10.0. The molecule has 0 saturated carbocycles. The molecule has 31 heavy (non-hydrogen) atoms. The maximum absolute atomic E-state index is 13.1. The van der Waals surface area contributed by atoms with E-state index in [9.17, 15) is 24.3 Å². The Morgan fingerprint density at radius 3 is 2.29 bits per heavy atom. The lowest BCUT2D eigenvalue weighted by Gasteiger charge is -2.29. The van der Waals surface area contributed by atoms with Crippen LogP contribution in [-0.4, -0.2) is 76.9 Å². The fourth-order valence-electron chi connectivity index (χ4n) is 3.33. The smallest absolute Gasteiger partial charge is 0.326 e. The summed E-state index contributed by atoms with van der Waals surface area (Å²) >= 11 is 0. The van der Waals surface area contributed by atoms with E-state index in [-0.39, 0.29) is 24.8 Å². The average molecular weight is 442 g/mol. The summed E-state index contributed by atoms with van der Waals surface area (Å²) in [5.74, 6) is -2.95. The Balaban J connectivity index is 2.99. The summed E-state index contributed by atoms with van der Waals surface area (Å²) in [5, 5.41) is 14.7. The molecule has 0 aromatic rings. The summed E-state index contributed by atoms with van der Waals surface area (Å²) in [5.41, 5.74) is 16.2. The molecule has 1 fully saturated rings. The number of likely N-dealkylation sites (tertiary alicyclic amines) is 1. The van der Waals surface area contributed by atoms with Crippen molar-refractivity contribution in [3.63, 3.8) is 0 Å². The second-order valence-electron chi connectivity index (χ2n) is 8.06. The van der Waals surface area contributed by atoms with Gasteiger partial charge in [0, 0.05) is 13.1 Å². The number of carbonyl (C=O) groups is 4. The van der Waals surface area contributed by atoms with Crippen LogP contribution in [0.2, 0.25) is 0 Å². The van der Waals surface area contributed by atoms with Crippen molar-refractivity contribution in [1.29, 1.82) is 0 Å². The number of rotatable bonds is 11. The second-order valence-corrected chi connectivity index (χ2v) is 8.06. The van der Waals surface area contributed by atoms with Gasteiger partial charge in [-0.3, -0.25) is 19.4 Å². The number of hydrogen-bond acceptors (Lipinski definition) is 6. The van der Waals surface area contributed by atoms with Crippen molar-refractivity contribution in [2.45, 2.75) is 70.6 Å². The maximum atomic E-state index is 13.1. The van der Waals surface area contributed by atoms with Crippen molar-refractivity contribution in [2.75, 3.05) is 13.1 Å². The van der Waals surface area contributed by atoms with E-state index in [0.29, 0.717) is 25.8 Å². The number of nitrogens with one attached hydrogen (secondary N) is 2. The third kappa shape index (κ3) is 8.04. The molecule has 4 unspecified atom stereocenters. The van der Waals surface area contributed by atoms with Crippen molar-refractivity contribution in [1.82, 2.24) is 15.5 Å². The Labute approximate surface area is 182 Å². The van der Waals surface area contributed by atoms with Crippen LogP contribution >= 0.6 is 0 Å². The van der Waals surface area contributed by atoms with Gasteiger partial charge in [-0.25, -0.2) is 4.79 Å². The van der Waals surface area contributed by atoms with Gasteiger partial charge in [-0.05, 0) is 38.5 Å². The van der Waals surface area contributed by atoms with Gasteiger partial charge < -0.3 is 37.8 Å². The van der Waals surface area contributed by atoms with E-state index in [2.05, 4.69) is 15.6 Å². The van der Waals surface area contributed by atoms with Gasteiger partial charge in [0.15, 0.2) is 5.96 Å². The molecule has 12 heteroatoms. The summed E-state index contributed by atoms with van der Waals surface area (Å²) in [6.45, 7) is 5.55. The Kier molecular flexibility index (Phi) is 10.2. The molecule has 12 nitrogen and oxygen atoms in total. The molecule has 1 aliphatic rings. The van der Waals surface area contributed by atoms with Crippen LogP contribution in [0.15, 0.2) is 4.99 Å². The molecule has 0 bridgehead atoms. The number of guanidine groups is 1. The summed E-state index contributed by atoms with van der Waals surface area (Å²) in [6.07, 6.45) is 1.51. The molecule has 1 aliphatic heterocycles. The third-order valence-electron chi connectivity index (χ3n) is 5.04. The van der Waals surface area contributed by atoms with Crippen LogP contribution < -0.4 is 27.8 Å². The van der Waals surface area contributed by atoms with Crippen LogP contribution in [-0.2, 0) is 19.2 Å². The zero-order valence-electron chi connectivity index (χ0n) is 18.3. The minimum Gasteiger partial charge on any atom is -0.480 e. The van der Waals surface area contributed by atoms with Gasteiger partial charge in [-0.15, -0.1) is 0 Å². The molecule has 0 aliphatic carbocycles. The quantitative estimate of drug-likeness (QED) is 0.121. The number of hydrogen-bond donors (Lipinski definition) is 6. The summed E-state index contributed by atoms with van der Waals surface area (Å²) < 4.78 is 0. The Morgan fingerprint density at radius 1 is 1.13 bits per heavy atom. The number of aliphatic carboxylic acids is 1. The SMILES string of the molecule is CC(N)C(=O)NC(C(=O)NC(CCCN=C(N)N)C(=O)N1CCCC1C(=O)O)C(C)C. The number of aliphatic imine (C=N–C) groups is 1. The summed E-state index contributed by atoms with van der Waals surface area (Å²) in [7, 11) is 0. The Bertz CT molecular complexity index is 691. The molecular formula is C19H35N7O5. The van der Waals surface area contributed by atoms with Gasteiger partial charge >= 0.3 is 5.97 Å². The molecule has 176 valence electrons. The Morgan fingerprint density at radius 2 is 1.77 bits per heavy atom. The zero-order valence-corrected chi connectivity index (χ0v) is 18.3. The number of nitrogens with zero attached hydrogens (tertiary/aromatic N) is 2. The van der Waals surface area contributed by atoms with E-state index in [0.717, 1.165) is 0 Å². The molecule has 4 atom stereocenters. The number of carboxylic acids is 1. The van der Waals surface area contributed by atoms with E-state index >= 15 is 0 Å². The first kappa shape index (κ1) is 26.1. The second kappa shape index (κ2) is 12.1. The predicted molar refractivity (Wildman–Crippen MR) is 115 cm³/mol. The number of carboxylic acid groups (broad SMARTS) is 1. The molecular weight excluding hydrogens is 406 g/mol. The van der Waals surface area contributed by atoms with Gasteiger partial charge in [0.05, 0.1) is 6.04 Å². The van der Waals surface area contributed by atoms with Crippen molar-refractivity contribution >= 4 is 29.7 Å². The van der Waals surface area contributed by atoms with Crippen LogP contribution in [0.1, 0.15) is 46.5 Å². The fraction of sp³-hybridized carbons (Fsp3) is 0.737. The van der Waals surface area contributed by atoms with E-state index < -0.39 is 47.9 Å². The van der Waals surface area contributed by atoms with Crippen molar-refractivity contribution in [3.05, 3.63) is 0 Å². The maximum Gasteiger partial charge on any atom is 0.326 e. The molecule has 1 saturated heterocycles. The van der Waals surface area contributed by atoms with E-state index in [1.807, 2.05) is 0 Å². The normalized spacial score (nSPS) is 18.7. The van der Waals surface area contributed by atoms with Crippen LogP contribution in [0.5, 0.6) is 0 Å². The largest absolute Gasteiger partial charge is 0.480 e. The highest BCUT2D eigenvalue weighted by atomic mass is 16.4. The van der Waals surface area contributed by atoms with Gasteiger partial charge in [0.1, 0.15) is 18.1 Å². The van der Waals surface area contributed by atoms with E-state index in [1.54, 1.807) is 13.8 Å². The first-order chi connectivity index (χ1) is 14.5. The lowest BCUT2D eigenvalue weighted by Crippen LogP contribution is -2.58. The zero-order chi connectivity index (χ0) is 23.7. The minimum atomic E-state index is -1.08. The topological polar surface area (TPSA) is 206 Å².